The highest BCUT2D eigenvalue weighted by Gasteiger charge is 2.08. The van der Waals surface area contributed by atoms with Crippen molar-refractivity contribution in [2.24, 2.45) is 0 Å². The Morgan fingerprint density at radius 2 is 2.05 bits per heavy atom. The maximum Gasteiger partial charge on any atom is 0.328 e. The molecule has 0 atom stereocenters. The van der Waals surface area contributed by atoms with E-state index in [-0.39, 0.29) is 12.0 Å². The highest BCUT2D eigenvalue weighted by atomic mass is 79.9. The summed E-state index contributed by atoms with van der Waals surface area (Å²) < 4.78 is 7.94. The van der Waals surface area contributed by atoms with Crippen LogP contribution >= 0.6 is 15.9 Å². The van der Waals surface area contributed by atoms with Crippen LogP contribution in [0.1, 0.15) is 0 Å². The highest BCUT2D eigenvalue weighted by molar-refractivity contribution is 9.10. The molecule has 8 heteroatoms. The molecule has 3 aromatic rings. The minimum absolute atomic E-state index is 0.0653. The first-order valence-electron chi connectivity index (χ1n) is 5.66. The zero-order valence-corrected chi connectivity index (χ0v) is 11.7. The molecule has 0 bridgehead atoms. The largest absolute Gasteiger partial charge is 0.424 e. The number of anilines is 1. The summed E-state index contributed by atoms with van der Waals surface area (Å²) in [6, 6.07) is 9.20. The molecule has 0 amide bonds. The summed E-state index contributed by atoms with van der Waals surface area (Å²) in [7, 11) is 0. The molecule has 1 aromatic carbocycles. The Morgan fingerprint density at radius 1 is 1.15 bits per heavy atom. The van der Waals surface area contributed by atoms with Gasteiger partial charge in [-0.15, -0.1) is 0 Å². The van der Waals surface area contributed by atoms with E-state index < -0.39 is 0 Å². The summed E-state index contributed by atoms with van der Waals surface area (Å²) in [6.45, 7) is 0. The molecule has 7 nitrogen and oxygen atoms in total. The molecule has 2 heterocycles. The number of rotatable bonds is 3. The molecule has 2 aromatic heterocycles. The van der Waals surface area contributed by atoms with Crippen LogP contribution in [-0.2, 0) is 0 Å². The van der Waals surface area contributed by atoms with Crippen LogP contribution in [0.2, 0.25) is 0 Å². The standard InChI is InChI=1S/C12H9BrN6O/c13-8-3-1-4-9(7-8)20-12-17-10(14)16-11(18-12)19-6-2-5-15-19/h1-7H,(H2,14,16,17,18). The lowest BCUT2D eigenvalue weighted by Gasteiger charge is -2.06. The van der Waals surface area contributed by atoms with Gasteiger partial charge in [-0.1, -0.05) is 22.0 Å². The molecular weight excluding hydrogens is 324 g/mol. The van der Waals surface area contributed by atoms with Crippen molar-refractivity contribution >= 4 is 21.9 Å². The molecule has 0 fully saturated rings. The van der Waals surface area contributed by atoms with Gasteiger partial charge in [0.2, 0.25) is 5.95 Å². The smallest absolute Gasteiger partial charge is 0.328 e. The molecule has 0 radical (unpaired) electrons. The van der Waals surface area contributed by atoms with Crippen LogP contribution in [0.15, 0.2) is 47.2 Å². The second kappa shape index (κ2) is 5.25. The quantitative estimate of drug-likeness (QED) is 0.790. The van der Waals surface area contributed by atoms with Gasteiger partial charge in [-0.05, 0) is 24.3 Å². The fraction of sp³-hybridized carbons (Fsp3) is 0. The molecule has 0 aliphatic rings. The molecular formula is C12H9BrN6O. The summed E-state index contributed by atoms with van der Waals surface area (Å²) in [4.78, 5) is 12.1. The van der Waals surface area contributed by atoms with E-state index in [9.17, 15) is 0 Å². The molecule has 0 saturated heterocycles. The van der Waals surface area contributed by atoms with E-state index >= 15 is 0 Å². The third-order valence-electron chi connectivity index (χ3n) is 2.33. The summed E-state index contributed by atoms with van der Waals surface area (Å²) in [5.74, 6) is 0.958. The molecule has 3 rings (SSSR count). The third kappa shape index (κ3) is 2.75. The number of hydrogen-bond acceptors (Lipinski definition) is 6. The Labute approximate surface area is 122 Å². The average Bonchev–Trinajstić information content (AvgIpc) is 2.91. The van der Waals surface area contributed by atoms with Gasteiger partial charge in [-0.2, -0.15) is 20.1 Å². The Bertz CT molecular complexity index is 731. The number of aromatic nitrogens is 5. The SMILES string of the molecule is Nc1nc(Oc2cccc(Br)c2)nc(-n2cccn2)n1. The van der Waals surface area contributed by atoms with Crippen molar-refractivity contribution in [2.45, 2.75) is 0 Å². The predicted molar refractivity (Wildman–Crippen MR) is 75.6 cm³/mol. The van der Waals surface area contributed by atoms with E-state index in [2.05, 4.69) is 36.0 Å². The van der Waals surface area contributed by atoms with Gasteiger partial charge >= 0.3 is 6.01 Å². The van der Waals surface area contributed by atoms with Crippen LogP contribution in [0.25, 0.3) is 5.95 Å². The number of nitrogens with zero attached hydrogens (tertiary/aromatic N) is 5. The molecule has 0 aliphatic carbocycles. The first kappa shape index (κ1) is 12.5. The normalized spacial score (nSPS) is 10.4. The molecule has 0 saturated carbocycles. The number of nitrogens with two attached hydrogens (primary N) is 1. The molecule has 0 aliphatic heterocycles. The van der Waals surface area contributed by atoms with E-state index in [0.29, 0.717) is 11.7 Å². The highest BCUT2D eigenvalue weighted by Crippen LogP contribution is 2.22. The van der Waals surface area contributed by atoms with E-state index in [1.54, 1.807) is 30.6 Å². The third-order valence-corrected chi connectivity index (χ3v) is 2.83. The van der Waals surface area contributed by atoms with Gasteiger partial charge in [-0.3, -0.25) is 0 Å². The van der Waals surface area contributed by atoms with Crippen LogP contribution < -0.4 is 10.5 Å². The lowest BCUT2D eigenvalue weighted by Crippen LogP contribution is -2.07. The van der Waals surface area contributed by atoms with E-state index in [0.717, 1.165) is 4.47 Å². The van der Waals surface area contributed by atoms with Crippen molar-refractivity contribution in [1.29, 1.82) is 0 Å². The van der Waals surface area contributed by atoms with Gasteiger partial charge in [0.25, 0.3) is 5.95 Å². The molecule has 2 N–H and O–H groups in total. The Hall–Kier alpha value is -2.48. The van der Waals surface area contributed by atoms with Gasteiger partial charge in [0.05, 0.1) is 0 Å². The van der Waals surface area contributed by atoms with Crippen LogP contribution in [0, 0.1) is 0 Å². The van der Waals surface area contributed by atoms with Gasteiger partial charge in [0.1, 0.15) is 5.75 Å². The Morgan fingerprint density at radius 3 is 2.80 bits per heavy atom. The van der Waals surface area contributed by atoms with E-state index in [1.165, 1.54) is 4.68 Å². The van der Waals surface area contributed by atoms with Crippen molar-refractivity contribution in [2.75, 3.05) is 5.73 Å². The van der Waals surface area contributed by atoms with Crippen molar-refractivity contribution in [1.82, 2.24) is 24.7 Å². The number of hydrogen-bond donors (Lipinski definition) is 1. The molecule has 100 valence electrons. The summed E-state index contributed by atoms with van der Waals surface area (Å²) in [5, 5.41) is 4.04. The summed E-state index contributed by atoms with van der Waals surface area (Å²) in [6.07, 6.45) is 3.33. The minimum Gasteiger partial charge on any atom is -0.424 e. The van der Waals surface area contributed by atoms with Gasteiger partial charge in [-0.25, -0.2) is 4.68 Å². The summed E-state index contributed by atoms with van der Waals surface area (Å²) >= 11 is 3.36. The zero-order chi connectivity index (χ0) is 13.9. The van der Waals surface area contributed by atoms with Crippen molar-refractivity contribution in [3.63, 3.8) is 0 Å². The zero-order valence-electron chi connectivity index (χ0n) is 10.1. The van der Waals surface area contributed by atoms with Gasteiger partial charge in [0, 0.05) is 16.9 Å². The van der Waals surface area contributed by atoms with Crippen LogP contribution in [0.5, 0.6) is 11.8 Å². The first-order valence-corrected chi connectivity index (χ1v) is 6.45. The lowest BCUT2D eigenvalue weighted by atomic mass is 10.3. The first-order chi connectivity index (χ1) is 9.70. The number of nitrogen functional groups attached to an aromatic ring is 1. The van der Waals surface area contributed by atoms with Crippen LogP contribution in [-0.4, -0.2) is 24.7 Å². The van der Waals surface area contributed by atoms with Crippen LogP contribution in [0.4, 0.5) is 5.95 Å². The van der Waals surface area contributed by atoms with Gasteiger partial charge in [0.15, 0.2) is 0 Å². The van der Waals surface area contributed by atoms with Crippen molar-refractivity contribution in [3.8, 4) is 17.7 Å². The Balaban J connectivity index is 1.94. The van der Waals surface area contributed by atoms with Crippen molar-refractivity contribution < 1.29 is 4.74 Å². The number of benzene rings is 1. The van der Waals surface area contributed by atoms with E-state index in [1.807, 2.05) is 12.1 Å². The van der Waals surface area contributed by atoms with Crippen LogP contribution in [0.3, 0.4) is 0 Å². The monoisotopic (exact) mass is 332 g/mol. The van der Waals surface area contributed by atoms with E-state index in [4.69, 9.17) is 10.5 Å². The lowest BCUT2D eigenvalue weighted by molar-refractivity contribution is 0.438. The predicted octanol–water partition coefficient (Wildman–Crippen LogP) is 2.19. The second-order valence-electron chi connectivity index (χ2n) is 3.79. The fourth-order valence-electron chi connectivity index (χ4n) is 1.53. The minimum atomic E-state index is 0.0653. The Kier molecular flexibility index (Phi) is 3.30. The number of ether oxygens (including phenoxy) is 1. The molecule has 0 unspecified atom stereocenters. The summed E-state index contributed by atoms with van der Waals surface area (Å²) in [5.41, 5.74) is 5.66. The maximum atomic E-state index is 5.66. The number of halogens is 1. The molecule has 0 spiro atoms. The molecule has 20 heavy (non-hydrogen) atoms. The fourth-order valence-corrected chi connectivity index (χ4v) is 1.91. The second-order valence-corrected chi connectivity index (χ2v) is 4.70. The van der Waals surface area contributed by atoms with Crippen molar-refractivity contribution in [3.05, 3.63) is 47.2 Å². The topological polar surface area (TPSA) is 91.7 Å². The maximum absolute atomic E-state index is 5.66. The average molecular weight is 333 g/mol. The van der Waals surface area contributed by atoms with Gasteiger partial charge < -0.3 is 10.5 Å².